The first-order chi connectivity index (χ1) is 14.0. The van der Waals surface area contributed by atoms with Crippen LogP contribution in [0.1, 0.15) is 30.6 Å². The number of nitrogens with zero attached hydrogens (tertiary/aromatic N) is 1. The Morgan fingerprint density at radius 3 is 2.59 bits per heavy atom. The fraction of sp³-hybridized carbons (Fsp3) is 0.364. The minimum absolute atomic E-state index is 0.0368. The van der Waals surface area contributed by atoms with Crippen LogP contribution in [0.5, 0.6) is 17.2 Å². The van der Waals surface area contributed by atoms with Gasteiger partial charge in [-0.05, 0) is 44.2 Å². The van der Waals surface area contributed by atoms with Crippen molar-refractivity contribution in [3.63, 3.8) is 0 Å². The summed E-state index contributed by atoms with van der Waals surface area (Å²) in [6.07, 6.45) is 0.248. The SMILES string of the molecule is CCOc1ccc(C(=O)N[C@H]2CC(=O)N(c3cccc(OC)c3)C2)cc1OCC. The summed E-state index contributed by atoms with van der Waals surface area (Å²) >= 11 is 0. The predicted molar refractivity (Wildman–Crippen MR) is 110 cm³/mol. The van der Waals surface area contributed by atoms with Gasteiger partial charge in [0.05, 0.1) is 26.4 Å². The number of amides is 2. The number of carbonyl (C=O) groups excluding carboxylic acids is 2. The number of rotatable bonds is 8. The van der Waals surface area contributed by atoms with E-state index in [-0.39, 0.29) is 24.3 Å². The molecule has 0 aliphatic carbocycles. The zero-order valence-electron chi connectivity index (χ0n) is 16.9. The molecule has 0 saturated carbocycles. The van der Waals surface area contributed by atoms with Crippen LogP contribution in [0, 0.1) is 0 Å². The molecule has 1 saturated heterocycles. The zero-order valence-corrected chi connectivity index (χ0v) is 16.9. The van der Waals surface area contributed by atoms with Gasteiger partial charge in [0, 0.05) is 30.3 Å². The average Bonchev–Trinajstić information content (AvgIpc) is 3.09. The van der Waals surface area contributed by atoms with Crippen LogP contribution in [0.25, 0.3) is 0 Å². The molecule has 1 N–H and O–H groups in total. The third kappa shape index (κ3) is 4.80. The number of hydrogen-bond acceptors (Lipinski definition) is 5. The van der Waals surface area contributed by atoms with Gasteiger partial charge in [-0.25, -0.2) is 0 Å². The van der Waals surface area contributed by atoms with Crippen molar-refractivity contribution in [2.45, 2.75) is 26.3 Å². The van der Waals surface area contributed by atoms with Gasteiger partial charge < -0.3 is 24.4 Å². The molecule has 1 heterocycles. The molecule has 0 aromatic heterocycles. The predicted octanol–water partition coefficient (Wildman–Crippen LogP) is 3.03. The van der Waals surface area contributed by atoms with Crippen LogP contribution in [0.4, 0.5) is 5.69 Å². The first kappa shape index (κ1) is 20.5. The van der Waals surface area contributed by atoms with Crippen molar-refractivity contribution in [2.24, 2.45) is 0 Å². The highest BCUT2D eigenvalue weighted by Gasteiger charge is 2.32. The second-order valence-electron chi connectivity index (χ2n) is 6.61. The van der Waals surface area contributed by atoms with Crippen molar-refractivity contribution in [3.05, 3.63) is 48.0 Å². The first-order valence-electron chi connectivity index (χ1n) is 9.70. The lowest BCUT2D eigenvalue weighted by Gasteiger charge is -2.18. The van der Waals surface area contributed by atoms with Gasteiger partial charge in [0.2, 0.25) is 5.91 Å². The fourth-order valence-electron chi connectivity index (χ4n) is 3.29. The van der Waals surface area contributed by atoms with Crippen molar-refractivity contribution < 1.29 is 23.8 Å². The number of nitrogens with one attached hydrogen (secondary N) is 1. The molecule has 0 bridgehead atoms. The second-order valence-corrected chi connectivity index (χ2v) is 6.61. The van der Waals surface area contributed by atoms with E-state index in [1.165, 1.54) is 0 Å². The lowest BCUT2D eigenvalue weighted by Crippen LogP contribution is -2.37. The zero-order chi connectivity index (χ0) is 20.8. The summed E-state index contributed by atoms with van der Waals surface area (Å²) in [6, 6.07) is 12.1. The maximum absolute atomic E-state index is 12.7. The molecule has 1 fully saturated rings. The van der Waals surface area contributed by atoms with Gasteiger partial charge in [-0.1, -0.05) is 6.07 Å². The Balaban J connectivity index is 1.69. The van der Waals surface area contributed by atoms with E-state index in [9.17, 15) is 9.59 Å². The third-order valence-corrected chi connectivity index (χ3v) is 4.63. The minimum atomic E-state index is -0.275. The summed E-state index contributed by atoms with van der Waals surface area (Å²) in [5.74, 6) is 1.53. The van der Waals surface area contributed by atoms with E-state index >= 15 is 0 Å². The van der Waals surface area contributed by atoms with Crippen molar-refractivity contribution in [2.75, 3.05) is 31.8 Å². The number of benzene rings is 2. The standard InChI is InChI=1S/C22H26N2O5/c1-4-28-19-10-9-15(11-20(19)29-5-2)22(26)23-16-12-21(25)24(14-16)17-7-6-8-18(13-17)27-3/h6-11,13,16H,4-5,12,14H2,1-3H3,(H,23,26)/t16-/m0/s1. The fourth-order valence-corrected chi connectivity index (χ4v) is 3.29. The van der Waals surface area contributed by atoms with Gasteiger partial charge in [-0.15, -0.1) is 0 Å². The van der Waals surface area contributed by atoms with Crippen molar-refractivity contribution in [1.29, 1.82) is 0 Å². The van der Waals surface area contributed by atoms with Crippen molar-refractivity contribution in [1.82, 2.24) is 5.32 Å². The Hall–Kier alpha value is -3.22. The molecule has 7 heteroatoms. The van der Waals surface area contributed by atoms with Crippen molar-refractivity contribution in [3.8, 4) is 17.2 Å². The molecule has 0 spiro atoms. The van der Waals surface area contributed by atoms with Crippen LogP contribution in [0.2, 0.25) is 0 Å². The summed E-state index contributed by atoms with van der Waals surface area (Å²) in [5.41, 5.74) is 1.22. The molecule has 1 aliphatic heterocycles. The Kier molecular flexibility index (Phi) is 6.59. The molecule has 154 valence electrons. The summed E-state index contributed by atoms with van der Waals surface area (Å²) in [7, 11) is 1.58. The second kappa shape index (κ2) is 9.32. The van der Waals surface area contributed by atoms with E-state index in [2.05, 4.69) is 5.32 Å². The van der Waals surface area contributed by atoms with Crippen LogP contribution in [0.3, 0.4) is 0 Å². The van der Waals surface area contributed by atoms with Crippen molar-refractivity contribution >= 4 is 17.5 Å². The van der Waals surface area contributed by atoms with Crippen LogP contribution in [-0.2, 0) is 4.79 Å². The largest absolute Gasteiger partial charge is 0.497 e. The van der Waals surface area contributed by atoms with Gasteiger partial charge in [0.25, 0.3) is 5.91 Å². The Bertz CT molecular complexity index is 883. The van der Waals surface area contributed by atoms with Crippen LogP contribution < -0.4 is 24.4 Å². The first-order valence-corrected chi connectivity index (χ1v) is 9.70. The van der Waals surface area contributed by atoms with Gasteiger partial charge in [0.15, 0.2) is 11.5 Å². The number of ether oxygens (including phenoxy) is 3. The maximum atomic E-state index is 12.7. The van der Waals surface area contributed by atoms with Gasteiger partial charge in [-0.2, -0.15) is 0 Å². The molecule has 7 nitrogen and oxygen atoms in total. The lowest BCUT2D eigenvalue weighted by molar-refractivity contribution is -0.117. The smallest absolute Gasteiger partial charge is 0.251 e. The summed E-state index contributed by atoms with van der Waals surface area (Å²) in [6.45, 7) is 5.15. The number of anilines is 1. The summed E-state index contributed by atoms with van der Waals surface area (Å²) in [5, 5.41) is 2.95. The van der Waals surface area contributed by atoms with E-state index in [1.807, 2.05) is 38.1 Å². The maximum Gasteiger partial charge on any atom is 0.251 e. The number of hydrogen-bond donors (Lipinski definition) is 1. The topological polar surface area (TPSA) is 77.1 Å². The molecule has 2 amide bonds. The van der Waals surface area contributed by atoms with E-state index in [0.29, 0.717) is 42.6 Å². The highest BCUT2D eigenvalue weighted by atomic mass is 16.5. The lowest BCUT2D eigenvalue weighted by atomic mass is 10.1. The van der Waals surface area contributed by atoms with Gasteiger partial charge in [0.1, 0.15) is 5.75 Å². The van der Waals surface area contributed by atoms with E-state index in [0.717, 1.165) is 5.69 Å². The quantitative estimate of drug-likeness (QED) is 0.740. The van der Waals surface area contributed by atoms with Gasteiger partial charge in [-0.3, -0.25) is 9.59 Å². The normalized spacial score (nSPS) is 15.9. The molecule has 2 aromatic carbocycles. The van der Waals surface area contributed by atoms with Crippen LogP contribution in [-0.4, -0.2) is 44.7 Å². The average molecular weight is 398 g/mol. The van der Waals surface area contributed by atoms with E-state index in [1.54, 1.807) is 30.2 Å². The highest BCUT2D eigenvalue weighted by molar-refractivity contribution is 5.99. The minimum Gasteiger partial charge on any atom is -0.497 e. The molecule has 0 unspecified atom stereocenters. The summed E-state index contributed by atoms with van der Waals surface area (Å²) < 4.78 is 16.3. The molecule has 1 aliphatic rings. The van der Waals surface area contributed by atoms with E-state index in [4.69, 9.17) is 14.2 Å². The monoisotopic (exact) mass is 398 g/mol. The third-order valence-electron chi connectivity index (χ3n) is 4.63. The molecule has 3 rings (SSSR count). The molecule has 2 aromatic rings. The van der Waals surface area contributed by atoms with Gasteiger partial charge >= 0.3 is 0 Å². The number of methoxy groups -OCH3 is 1. The Morgan fingerprint density at radius 2 is 1.86 bits per heavy atom. The molecule has 29 heavy (non-hydrogen) atoms. The highest BCUT2D eigenvalue weighted by Crippen LogP contribution is 2.29. The number of carbonyl (C=O) groups is 2. The molecular weight excluding hydrogens is 372 g/mol. The summed E-state index contributed by atoms with van der Waals surface area (Å²) in [4.78, 5) is 26.8. The van der Waals surface area contributed by atoms with Crippen LogP contribution in [0.15, 0.2) is 42.5 Å². The van der Waals surface area contributed by atoms with E-state index < -0.39 is 0 Å². The Morgan fingerprint density at radius 1 is 1.10 bits per heavy atom. The Labute approximate surface area is 170 Å². The molecular formula is C22H26N2O5. The van der Waals surface area contributed by atoms with Crippen LogP contribution >= 0.6 is 0 Å². The molecule has 0 radical (unpaired) electrons. The molecule has 1 atom stereocenters.